The monoisotopic (exact) mass is 437 g/mol. The maximum Gasteiger partial charge on any atom is 0.303 e. The minimum absolute atomic E-state index is 0.00371. The van der Waals surface area contributed by atoms with E-state index in [-0.39, 0.29) is 24.1 Å². The molecule has 0 heterocycles. The summed E-state index contributed by atoms with van der Waals surface area (Å²) < 4.78 is 13.7. The molecule has 0 amide bonds. The Hall–Kier alpha value is -1.99. The highest BCUT2D eigenvalue weighted by Gasteiger charge is 2.39. The van der Waals surface area contributed by atoms with E-state index in [0.717, 1.165) is 25.7 Å². The third-order valence-electron chi connectivity index (χ3n) is 6.42. The van der Waals surface area contributed by atoms with Crippen molar-refractivity contribution in [1.29, 1.82) is 0 Å². The standard InChI is InChI=1S/C24H36FNO5/c25-21-12-6-5-8-17(21)9-7-10-18(27)14-15-19-20(23(28)16-22(19)26-31)11-3-1-2-4-13-24(29)30/h5-6,8,12,18-20,23,27-28,31H,1-4,7,9-11,13-16H2,(H,29,30)/b26-22-. The van der Waals surface area contributed by atoms with Crippen LogP contribution in [0, 0.1) is 17.7 Å². The van der Waals surface area contributed by atoms with Crippen LogP contribution in [0.2, 0.25) is 0 Å². The van der Waals surface area contributed by atoms with Crippen LogP contribution in [0.1, 0.15) is 76.2 Å². The van der Waals surface area contributed by atoms with E-state index in [9.17, 15) is 24.6 Å². The Morgan fingerprint density at radius 3 is 2.55 bits per heavy atom. The highest BCUT2D eigenvalue weighted by molar-refractivity contribution is 5.89. The molecule has 0 aliphatic heterocycles. The van der Waals surface area contributed by atoms with Crippen molar-refractivity contribution in [2.75, 3.05) is 0 Å². The van der Waals surface area contributed by atoms with Crippen LogP contribution in [-0.2, 0) is 11.2 Å². The van der Waals surface area contributed by atoms with Gasteiger partial charge < -0.3 is 20.5 Å². The van der Waals surface area contributed by atoms with Crippen LogP contribution >= 0.6 is 0 Å². The van der Waals surface area contributed by atoms with Crippen LogP contribution in [-0.4, -0.2) is 44.4 Å². The molecule has 7 heteroatoms. The van der Waals surface area contributed by atoms with Gasteiger partial charge >= 0.3 is 5.97 Å². The predicted octanol–water partition coefficient (Wildman–Crippen LogP) is 4.54. The normalized spacial score (nSPS) is 23.3. The number of hydrogen-bond donors (Lipinski definition) is 4. The number of unbranched alkanes of at least 4 members (excludes halogenated alkanes) is 3. The van der Waals surface area contributed by atoms with Gasteiger partial charge in [-0.05, 0) is 62.5 Å². The van der Waals surface area contributed by atoms with Gasteiger partial charge in [-0.1, -0.05) is 42.6 Å². The lowest BCUT2D eigenvalue weighted by Gasteiger charge is -2.23. The summed E-state index contributed by atoms with van der Waals surface area (Å²) in [4.78, 5) is 10.6. The molecule has 0 spiro atoms. The number of aliphatic hydroxyl groups excluding tert-OH is 2. The van der Waals surface area contributed by atoms with Gasteiger partial charge in [0.2, 0.25) is 0 Å². The summed E-state index contributed by atoms with van der Waals surface area (Å²) >= 11 is 0. The number of aliphatic carboxylic acids is 1. The van der Waals surface area contributed by atoms with Gasteiger partial charge in [0, 0.05) is 18.8 Å². The fraction of sp³-hybridized carbons (Fsp3) is 0.667. The molecule has 6 nitrogen and oxygen atoms in total. The number of halogens is 1. The van der Waals surface area contributed by atoms with E-state index in [2.05, 4.69) is 5.16 Å². The molecule has 0 radical (unpaired) electrons. The molecule has 4 atom stereocenters. The van der Waals surface area contributed by atoms with Crippen LogP contribution in [0.25, 0.3) is 0 Å². The second-order valence-corrected chi connectivity index (χ2v) is 8.69. The van der Waals surface area contributed by atoms with Gasteiger partial charge in [-0.2, -0.15) is 0 Å². The van der Waals surface area contributed by atoms with Crippen molar-refractivity contribution >= 4 is 11.7 Å². The van der Waals surface area contributed by atoms with Crippen molar-refractivity contribution in [3.05, 3.63) is 35.6 Å². The summed E-state index contributed by atoms with van der Waals surface area (Å²) in [7, 11) is 0. The molecule has 0 saturated heterocycles. The van der Waals surface area contributed by atoms with E-state index in [1.165, 1.54) is 6.07 Å². The fourth-order valence-corrected chi connectivity index (χ4v) is 4.68. The number of oxime groups is 1. The number of aryl methyl sites for hydroxylation is 1. The topological polar surface area (TPSA) is 110 Å². The van der Waals surface area contributed by atoms with Crippen LogP contribution in [0.15, 0.2) is 29.4 Å². The van der Waals surface area contributed by atoms with E-state index in [1.54, 1.807) is 12.1 Å². The second kappa shape index (κ2) is 13.4. The average Bonchev–Trinajstić information content (AvgIpc) is 3.04. The molecule has 1 aliphatic carbocycles. The van der Waals surface area contributed by atoms with Crippen molar-refractivity contribution < 1.29 is 29.7 Å². The zero-order chi connectivity index (χ0) is 22.6. The lowest BCUT2D eigenvalue weighted by molar-refractivity contribution is -0.137. The Kier molecular flexibility index (Phi) is 10.9. The third-order valence-corrected chi connectivity index (χ3v) is 6.42. The molecule has 0 bridgehead atoms. The molecule has 1 aromatic rings. The largest absolute Gasteiger partial charge is 0.481 e. The molecule has 1 fully saturated rings. The van der Waals surface area contributed by atoms with Crippen molar-refractivity contribution in [2.45, 2.75) is 89.3 Å². The number of benzene rings is 1. The number of aliphatic hydroxyl groups is 2. The summed E-state index contributed by atoms with van der Waals surface area (Å²) in [5.41, 5.74) is 1.26. The molecule has 31 heavy (non-hydrogen) atoms. The zero-order valence-corrected chi connectivity index (χ0v) is 18.1. The first-order valence-electron chi connectivity index (χ1n) is 11.4. The number of carbonyl (C=O) groups is 1. The molecule has 2 rings (SSSR count). The highest BCUT2D eigenvalue weighted by atomic mass is 19.1. The van der Waals surface area contributed by atoms with E-state index < -0.39 is 18.2 Å². The molecular formula is C24H36FNO5. The molecule has 4 N–H and O–H groups in total. The summed E-state index contributed by atoms with van der Waals surface area (Å²) in [6, 6.07) is 6.68. The lowest BCUT2D eigenvalue weighted by atomic mass is 9.84. The van der Waals surface area contributed by atoms with Gasteiger partial charge in [0.15, 0.2) is 0 Å². The first-order chi connectivity index (χ1) is 14.9. The van der Waals surface area contributed by atoms with Gasteiger partial charge in [-0.25, -0.2) is 4.39 Å². The Labute approximate surface area is 183 Å². The van der Waals surface area contributed by atoms with Gasteiger partial charge in [0.05, 0.1) is 17.9 Å². The van der Waals surface area contributed by atoms with Crippen LogP contribution in [0.5, 0.6) is 0 Å². The quantitative estimate of drug-likeness (QED) is 0.194. The third kappa shape index (κ3) is 8.57. The van der Waals surface area contributed by atoms with Crippen molar-refractivity contribution in [1.82, 2.24) is 0 Å². The Morgan fingerprint density at radius 1 is 1.10 bits per heavy atom. The molecule has 4 unspecified atom stereocenters. The predicted molar refractivity (Wildman–Crippen MR) is 117 cm³/mol. The summed E-state index contributed by atoms with van der Waals surface area (Å²) in [6.45, 7) is 0. The minimum Gasteiger partial charge on any atom is -0.481 e. The van der Waals surface area contributed by atoms with Gasteiger partial charge in [-0.3, -0.25) is 4.79 Å². The van der Waals surface area contributed by atoms with E-state index >= 15 is 0 Å². The average molecular weight is 438 g/mol. The lowest BCUT2D eigenvalue weighted by Crippen LogP contribution is -2.22. The number of carboxylic acid groups (broad SMARTS) is 1. The number of carboxylic acids is 1. The molecule has 1 aliphatic rings. The summed E-state index contributed by atoms with van der Waals surface area (Å²) in [5, 5.41) is 42.2. The van der Waals surface area contributed by atoms with E-state index in [0.29, 0.717) is 56.2 Å². The maximum absolute atomic E-state index is 13.7. The Balaban J connectivity index is 1.74. The SMILES string of the molecule is O=C(O)CCCCCCC1C(O)C/C(=N/O)C1CCC(O)CCCc1ccccc1F. The summed E-state index contributed by atoms with van der Waals surface area (Å²) in [6.07, 6.45) is 6.61. The van der Waals surface area contributed by atoms with Gasteiger partial charge in [0.1, 0.15) is 5.82 Å². The van der Waals surface area contributed by atoms with Crippen LogP contribution < -0.4 is 0 Å². The zero-order valence-electron chi connectivity index (χ0n) is 18.1. The summed E-state index contributed by atoms with van der Waals surface area (Å²) in [5.74, 6) is -1.05. The Bertz CT molecular complexity index is 711. The second-order valence-electron chi connectivity index (χ2n) is 8.69. The van der Waals surface area contributed by atoms with Crippen molar-refractivity contribution in [3.63, 3.8) is 0 Å². The van der Waals surface area contributed by atoms with E-state index in [4.69, 9.17) is 5.11 Å². The minimum atomic E-state index is -0.775. The molecule has 1 aromatic carbocycles. The highest BCUT2D eigenvalue weighted by Crippen LogP contribution is 2.37. The van der Waals surface area contributed by atoms with Crippen molar-refractivity contribution in [2.24, 2.45) is 17.0 Å². The van der Waals surface area contributed by atoms with Gasteiger partial charge in [0.25, 0.3) is 0 Å². The first-order valence-corrected chi connectivity index (χ1v) is 11.4. The number of nitrogens with zero attached hydrogens (tertiary/aromatic N) is 1. The van der Waals surface area contributed by atoms with Crippen LogP contribution in [0.3, 0.4) is 0 Å². The fourth-order valence-electron chi connectivity index (χ4n) is 4.68. The smallest absolute Gasteiger partial charge is 0.303 e. The molecular weight excluding hydrogens is 401 g/mol. The maximum atomic E-state index is 13.7. The number of hydrogen-bond acceptors (Lipinski definition) is 5. The molecule has 174 valence electrons. The molecule has 0 aromatic heterocycles. The van der Waals surface area contributed by atoms with E-state index in [1.807, 2.05) is 6.07 Å². The Morgan fingerprint density at radius 2 is 1.84 bits per heavy atom. The van der Waals surface area contributed by atoms with Crippen molar-refractivity contribution in [3.8, 4) is 0 Å². The molecule has 1 saturated carbocycles. The van der Waals surface area contributed by atoms with Gasteiger partial charge in [-0.15, -0.1) is 0 Å². The van der Waals surface area contributed by atoms with Crippen LogP contribution in [0.4, 0.5) is 4.39 Å². The first kappa shape index (κ1) is 25.3. The number of rotatable bonds is 14.